The Morgan fingerprint density at radius 1 is 0.533 bits per heavy atom. The second-order valence-electron chi connectivity index (χ2n) is 16.8. The van der Waals surface area contributed by atoms with Crippen molar-refractivity contribution >= 4 is 18.1 Å². The molecule has 0 aromatic heterocycles. The molecule has 0 radical (unpaired) electrons. The summed E-state index contributed by atoms with van der Waals surface area (Å²) in [5.74, 6) is -1.13. The zero-order valence-electron chi connectivity index (χ0n) is 39.0. The first-order valence-corrected chi connectivity index (χ1v) is 24.9. The van der Waals surface area contributed by atoms with Crippen LogP contribution < -0.4 is 0 Å². The summed E-state index contributed by atoms with van der Waals surface area (Å²) < 4.78 is 34.4. The van der Waals surface area contributed by atoms with Crippen LogP contribution in [0.1, 0.15) is 207 Å². The van der Waals surface area contributed by atoms with Crippen molar-refractivity contribution in [2.45, 2.75) is 213 Å². The number of hydrogen-bond donors (Lipinski definition) is 0. The highest BCUT2D eigenvalue weighted by Gasteiger charge is 2.24. The lowest BCUT2D eigenvalue weighted by molar-refractivity contribution is -0.161. The van der Waals surface area contributed by atoms with Gasteiger partial charge in [-0.2, -0.15) is 0 Å². The lowest BCUT2D eigenvalue weighted by Gasteiger charge is -2.19. The summed E-state index contributed by atoms with van der Waals surface area (Å²) in [5.41, 5.74) is 0. The summed E-state index contributed by atoms with van der Waals surface area (Å²) in [6, 6.07) is 0. The van der Waals surface area contributed by atoms with Crippen molar-refractivity contribution in [3.05, 3.63) is 24.3 Å². The van der Waals surface area contributed by atoms with E-state index in [0.717, 1.165) is 96.7 Å². The molecular formula is C50H92NO9+. The molecule has 0 aromatic rings. The summed E-state index contributed by atoms with van der Waals surface area (Å²) in [7, 11) is 0. The number of hydrogen-bond acceptors (Lipinski definition) is 9. The summed E-state index contributed by atoms with van der Waals surface area (Å²) >= 11 is 0. The van der Waals surface area contributed by atoms with E-state index in [1.807, 2.05) is 0 Å². The predicted molar refractivity (Wildman–Crippen MR) is 246 cm³/mol. The number of nitrogens with zero attached hydrogens (tertiary/aromatic N) is 1. The van der Waals surface area contributed by atoms with Crippen molar-refractivity contribution in [1.82, 2.24) is 4.90 Å². The molecule has 0 bridgehead atoms. The minimum Gasteiger partial charge on any atom is -0.465 e. The van der Waals surface area contributed by atoms with Crippen LogP contribution in [0.4, 0.5) is 0 Å². The Kier molecular flexibility index (Phi) is 40.0. The van der Waals surface area contributed by atoms with Crippen molar-refractivity contribution in [3.63, 3.8) is 0 Å². The molecule has 1 fully saturated rings. The summed E-state index contributed by atoms with van der Waals surface area (Å²) in [6.45, 7) is 11.4. The second kappa shape index (κ2) is 43.2. The van der Waals surface area contributed by atoms with Crippen LogP contribution in [0.5, 0.6) is 0 Å². The van der Waals surface area contributed by atoms with Gasteiger partial charge >= 0.3 is 18.1 Å². The molecule has 1 saturated heterocycles. The maximum absolute atomic E-state index is 13.0. The van der Waals surface area contributed by atoms with E-state index in [4.69, 9.17) is 28.4 Å². The molecule has 1 N–H and O–H groups in total. The zero-order valence-corrected chi connectivity index (χ0v) is 39.0. The normalized spacial score (nSPS) is 13.8. The number of carbonyl (C=O) groups is 2. The molecule has 1 atom stereocenters. The molecule has 1 unspecified atom stereocenters. The molecule has 0 aromatic carbocycles. The van der Waals surface area contributed by atoms with E-state index in [1.165, 1.54) is 89.9 Å². The number of carbonyl (C=O) groups excluding carboxylic acids is 3. The molecule has 1 rings (SSSR count). The second-order valence-corrected chi connectivity index (χ2v) is 16.8. The molecule has 10 heteroatoms. The van der Waals surface area contributed by atoms with E-state index in [0.29, 0.717) is 32.7 Å². The molecule has 60 heavy (non-hydrogen) atoms. The van der Waals surface area contributed by atoms with Crippen molar-refractivity contribution < 1.29 is 42.8 Å². The highest BCUT2D eigenvalue weighted by atomic mass is 16.7. The Morgan fingerprint density at radius 2 is 1.02 bits per heavy atom. The largest absolute Gasteiger partial charge is 0.712 e. The molecule has 350 valence electrons. The van der Waals surface area contributed by atoms with Crippen LogP contribution in [0.15, 0.2) is 24.3 Å². The van der Waals surface area contributed by atoms with Crippen LogP contribution in [-0.2, 0) is 38.0 Å². The third-order valence-corrected chi connectivity index (χ3v) is 11.0. The van der Waals surface area contributed by atoms with Gasteiger partial charge in [-0.25, -0.2) is 0 Å². The van der Waals surface area contributed by atoms with Gasteiger partial charge in [-0.3, -0.25) is 9.59 Å². The molecule has 1 aliphatic rings. The summed E-state index contributed by atoms with van der Waals surface area (Å²) in [4.78, 5) is 38.3. The van der Waals surface area contributed by atoms with E-state index in [-0.39, 0.29) is 38.2 Å². The fourth-order valence-electron chi connectivity index (χ4n) is 7.12. The first kappa shape index (κ1) is 55.6. The van der Waals surface area contributed by atoms with E-state index < -0.39 is 18.4 Å². The van der Waals surface area contributed by atoms with Crippen molar-refractivity contribution in [1.29, 1.82) is 0 Å². The molecule has 10 nitrogen and oxygen atoms in total. The Bertz CT molecular complexity index is 1030. The third-order valence-electron chi connectivity index (χ3n) is 11.0. The maximum Gasteiger partial charge on any atom is 0.712 e. The van der Waals surface area contributed by atoms with E-state index in [2.05, 4.69) is 50.0 Å². The molecule has 0 spiro atoms. The number of allylic oxidation sites excluding steroid dienone is 4. The predicted octanol–water partition coefficient (Wildman–Crippen LogP) is 12.3. The molecule has 0 saturated carbocycles. The first-order valence-electron chi connectivity index (χ1n) is 24.9. The van der Waals surface area contributed by atoms with Crippen molar-refractivity contribution in [2.24, 2.45) is 5.92 Å². The smallest absolute Gasteiger partial charge is 0.465 e. The van der Waals surface area contributed by atoms with Crippen LogP contribution in [0.2, 0.25) is 0 Å². The molecule has 0 aliphatic carbocycles. The standard InChI is InChI=1S/C50H91NO9/c1-4-7-10-13-16-17-18-19-20-21-22-23-24-25-28-34-47(52)58-43-46(45-60-50(54)57-42-33-39-51-37-29-30-38-51)44-59-48(53)35-36-49(55-40-31-26-14-11-8-5-2)56-41-32-27-15-12-9-6-3/h16-17,19-20,46,49H,4-15,18,21-45H2,1-3H3/p+1/b17-16-,20-19-. The van der Waals surface area contributed by atoms with Crippen LogP contribution >= 0.6 is 0 Å². The average Bonchev–Trinajstić information content (AvgIpc) is 3.78. The molecule has 0 amide bonds. The Morgan fingerprint density at radius 3 is 1.62 bits per heavy atom. The van der Waals surface area contributed by atoms with Crippen LogP contribution in [0, 0.1) is 5.92 Å². The van der Waals surface area contributed by atoms with Gasteiger partial charge in [0.05, 0.1) is 12.3 Å². The Labute approximate surface area is 367 Å². The highest BCUT2D eigenvalue weighted by molar-refractivity contribution is 5.69. The Hall–Kier alpha value is -2.43. The van der Waals surface area contributed by atoms with Crippen LogP contribution in [0.3, 0.4) is 0 Å². The van der Waals surface area contributed by atoms with Gasteiger partial charge < -0.3 is 38.1 Å². The minimum atomic E-state index is -0.517. The Balaban J connectivity index is 2.49. The average molecular weight is 851 g/mol. The minimum absolute atomic E-state index is 0.0139. The lowest BCUT2D eigenvalue weighted by atomic mass is 10.1. The third kappa shape index (κ3) is 37.3. The summed E-state index contributed by atoms with van der Waals surface area (Å²) in [5, 5.41) is 0. The summed E-state index contributed by atoms with van der Waals surface area (Å²) in [6.07, 6.45) is 38.7. The fourth-order valence-corrected chi connectivity index (χ4v) is 7.12. The van der Waals surface area contributed by atoms with Crippen LogP contribution in [-0.4, -0.2) is 93.4 Å². The van der Waals surface area contributed by atoms with Gasteiger partial charge in [0.15, 0.2) is 19.5 Å². The van der Waals surface area contributed by atoms with Gasteiger partial charge in [0, 0.05) is 39.0 Å². The number of rotatable bonds is 43. The number of ether oxygens (including phenoxy) is 6. The van der Waals surface area contributed by atoms with Gasteiger partial charge in [0.2, 0.25) is 0 Å². The van der Waals surface area contributed by atoms with Gasteiger partial charge in [0.25, 0.3) is 0 Å². The quantitative estimate of drug-likeness (QED) is 0.0148. The lowest BCUT2D eigenvalue weighted by Crippen LogP contribution is -2.28. The number of esters is 2. The first-order chi connectivity index (χ1) is 29.5. The highest BCUT2D eigenvalue weighted by Crippen LogP contribution is 2.14. The van der Waals surface area contributed by atoms with Gasteiger partial charge in [-0.05, 0) is 77.3 Å². The van der Waals surface area contributed by atoms with Gasteiger partial charge in [-0.1, -0.05) is 141 Å². The van der Waals surface area contributed by atoms with E-state index in [9.17, 15) is 14.4 Å². The van der Waals surface area contributed by atoms with Gasteiger partial charge in [-0.15, -0.1) is 0 Å². The topological polar surface area (TPSA) is 114 Å². The number of likely N-dealkylation sites (tertiary alicyclic amines) is 1. The van der Waals surface area contributed by atoms with E-state index >= 15 is 0 Å². The zero-order chi connectivity index (χ0) is 43.4. The monoisotopic (exact) mass is 851 g/mol. The van der Waals surface area contributed by atoms with Crippen LogP contribution in [0.25, 0.3) is 0 Å². The van der Waals surface area contributed by atoms with E-state index in [1.54, 1.807) is 0 Å². The molecule has 1 heterocycles. The SMILES string of the molecule is CCCCC/C=C\C/C=C\CCCCCCCC(=O)OCC(COC(=O)CCC(OCCCCCCCC)OCCCCCCCC)COC(=[OH+])OCCCN1CCCC1. The number of unbranched alkanes of at least 4 members (excludes halogenated alkanes) is 18. The van der Waals surface area contributed by atoms with Gasteiger partial charge in [0.1, 0.15) is 13.2 Å². The fraction of sp³-hybridized carbons (Fsp3) is 0.860. The molecule has 1 aliphatic heterocycles. The van der Waals surface area contributed by atoms with Crippen molar-refractivity contribution in [3.8, 4) is 0 Å². The van der Waals surface area contributed by atoms with Crippen molar-refractivity contribution in [2.75, 3.05) is 59.3 Å². The maximum atomic E-state index is 13.0. The molecular weight excluding hydrogens is 759 g/mol.